The van der Waals surface area contributed by atoms with Crippen LogP contribution in [0.5, 0.6) is 0 Å². The van der Waals surface area contributed by atoms with Crippen molar-refractivity contribution in [1.29, 1.82) is 0 Å². The lowest BCUT2D eigenvalue weighted by Gasteiger charge is -2.08. The van der Waals surface area contributed by atoms with E-state index in [1.165, 1.54) is 0 Å². The van der Waals surface area contributed by atoms with Gasteiger partial charge in [0, 0.05) is 12.3 Å². The standard InChI is InChI=1S/C12H14ClN3O2/c13-6-5-11-15-9-3-1-2-4-10(9)16(11)7-8-18-12(14)17/h1-4H,5-8H2,(H2,14,17). The number of alkyl halides is 1. The average Bonchev–Trinajstić information content (AvgIpc) is 2.68. The number of primary amides is 1. The van der Waals surface area contributed by atoms with Gasteiger partial charge in [-0.05, 0) is 12.1 Å². The first kappa shape index (κ1) is 12.7. The van der Waals surface area contributed by atoms with Crippen molar-refractivity contribution >= 4 is 28.7 Å². The van der Waals surface area contributed by atoms with Gasteiger partial charge in [-0.3, -0.25) is 0 Å². The molecule has 5 nitrogen and oxygen atoms in total. The topological polar surface area (TPSA) is 70.1 Å². The molecule has 0 unspecified atom stereocenters. The number of nitrogens with zero attached hydrogens (tertiary/aromatic N) is 2. The van der Waals surface area contributed by atoms with Crippen molar-refractivity contribution < 1.29 is 9.53 Å². The van der Waals surface area contributed by atoms with E-state index < -0.39 is 6.09 Å². The number of amides is 1. The Morgan fingerprint density at radius 2 is 2.22 bits per heavy atom. The van der Waals surface area contributed by atoms with Crippen LogP contribution in [0.4, 0.5) is 4.79 Å². The van der Waals surface area contributed by atoms with E-state index >= 15 is 0 Å². The number of benzene rings is 1. The van der Waals surface area contributed by atoms with E-state index in [1.807, 2.05) is 28.8 Å². The number of fused-ring (bicyclic) bond motifs is 1. The minimum atomic E-state index is -0.765. The molecule has 2 rings (SSSR count). The van der Waals surface area contributed by atoms with E-state index in [4.69, 9.17) is 22.1 Å². The molecule has 1 aromatic heterocycles. The Morgan fingerprint density at radius 1 is 1.44 bits per heavy atom. The van der Waals surface area contributed by atoms with Crippen LogP contribution in [0.15, 0.2) is 24.3 Å². The third-order valence-corrected chi connectivity index (χ3v) is 2.80. The summed E-state index contributed by atoms with van der Waals surface area (Å²) in [5.74, 6) is 1.39. The Morgan fingerprint density at radius 3 is 2.94 bits per heavy atom. The molecular weight excluding hydrogens is 254 g/mol. The predicted octanol–water partition coefficient (Wildman–Crippen LogP) is 1.91. The number of carbonyl (C=O) groups excluding carboxylic acids is 1. The second-order valence-electron chi connectivity index (χ2n) is 3.77. The highest BCUT2D eigenvalue weighted by Crippen LogP contribution is 2.16. The number of para-hydroxylation sites is 2. The number of hydrogen-bond donors (Lipinski definition) is 1. The van der Waals surface area contributed by atoms with E-state index in [9.17, 15) is 4.79 Å². The zero-order valence-electron chi connectivity index (χ0n) is 9.80. The largest absolute Gasteiger partial charge is 0.448 e. The first-order valence-corrected chi connectivity index (χ1v) is 6.18. The Balaban J connectivity index is 2.26. The molecule has 1 amide bonds. The van der Waals surface area contributed by atoms with Crippen molar-refractivity contribution in [3.8, 4) is 0 Å². The maximum Gasteiger partial charge on any atom is 0.404 e. The summed E-state index contributed by atoms with van der Waals surface area (Å²) in [6, 6.07) is 7.80. The number of imidazole rings is 1. The Labute approximate surface area is 109 Å². The summed E-state index contributed by atoms with van der Waals surface area (Å²) in [5, 5.41) is 0. The van der Waals surface area contributed by atoms with Gasteiger partial charge in [-0.2, -0.15) is 0 Å². The molecule has 0 aliphatic carbocycles. The van der Waals surface area contributed by atoms with Gasteiger partial charge in [0.1, 0.15) is 12.4 Å². The van der Waals surface area contributed by atoms with Crippen LogP contribution in [0.3, 0.4) is 0 Å². The van der Waals surface area contributed by atoms with Crippen molar-refractivity contribution in [3.05, 3.63) is 30.1 Å². The Bertz CT molecular complexity index is 553. The van der Waals surface area contributed by atoms with Gasteiger partial charge < -0.3 is 15.0 Å². The lowest BCUT2D eigenvalue weighted by Crippen LogP contribution is -2.17. The maximum absolute atomic E-state index is 10.6. The zero-order chi connectivity index (χ0) is 13.0. The fourth-order valence-electron chi connectivity index (χ4n) is 1.89. The predicted molar refractivity (Wildman–Crippen MR) is 69.7 cm³/mol. The second kappa shape index (κ2) is 5.73. The molecule has 2 aromatic rings. The number of halogens is 1. The molecule has 0 saturated carbocycles. The number of nitrogens with two attached hydrogens (primary N) is 1. The number of ether oxygens (including phenoxy) is 1. The molecule has 0 aliphatic heterocycles. The summed E-state index contributed by atoms with van der Waals surface area (Å²) < 4.78 is 6.76. The monoisotopic (exact) mass is 267 g/mol. The summed E-state index contributed by atoms with van der Waals surface area (Å²) in [7, 11) is 0. The molecule has 2 N–H and O–H groups in total. The molecule has 0 atom stereocenters. The number of rotatable bonds is 5. The van der Waals surface area contributed by atoms with Gasteiger partial charge in [-0.1, -0.05) is 12.1 Å². The fourth-order valence-corrected chi connectivity index (χ4v) is 2.06. The van der Waals surface area contributed by atoms with E-state index in [1.54, 1.807) is 0 Å². The van der Waals surface area contributed by atoms with Crippen LogP contribution in [0.2, 0.25) is 0 Å². The Hall–Kier alpha value is -1.75. The van der Waals surface area contributed by atoms with Crippen LogP contribution in [0.1, 0.15) is 5.82 Å². The number of aryl methyl sites for hydroxylation is 1. The molecule has 96 valence electrons. The number of carbonyl (C=O) groups is 1. The van der Waals surface area contributed by atoms with Crippen LogP contribution in [-0.4, -0.2) is 28.1 Å². The highest BCUT2D eigenvalue weighted by Gasteiger charge is 2.09. The minimum Gasteiger partial charge on any atom is -0.448 e. The smallest absolute Gasteiger partial charge is 0.404 e. The number of hydrogen-bond acceptors (Lipinski definition) is 3. The van der Waals surface area contributed by atoms with Gasteiger partial charge in [0.05, 0.1) is 17.6 Å². The normalized spacial score (nSPS) is 10.7. The molecule has 18 heavy (non-hydrogen) atoms. The van der Waals surface area contributed by atoms with E-state index in [2.05, 4.69) is 4.98 Å². The highest BCUT2D eigenvalue weighted by molar-refractivity contribution is 6.17. The van der Waals surface area contributed by atoms with Gasteiger partial charge in [0.25, 0.3) is 0 Å². The van der Waals surface area contributed by atoms with Gasteiger partial charge in [0.15, 0.2) is 0 Å². The molecule has 0 radical (unpaired) electrons. The van der Waals surface area contributed by atoms with E-state index in [0.29, 0.717) is 18.8 Å². The fraction of sp³-hybridized carbons (Fsp3) is 0.333. The zero-order valence-corrected chi connectivity index (χ0v) is 10.6. The molecule has 0 fully saturated rings. The van der Waals surface area contributed by atoms with Crippen LogP contribution >= 0.6 is 11.6 Å². The van der Waals surface area contributed by atoms with E-state index in [0.717, 1.165) is 16.9 Å². The minimum absolute atomic E-state index is 0.227. The van der Waals surface area contributed by atoms with Crippen molar-refractivity contribution in [2.45, 2.75) is 13.0 Å². The summed E-state index contributed by atoms with van der Waals surface area (Å²) in [6.07, 6.45) is -0.0920. The summed E-state index contributed by atoms with van der Waals surface area (Å²) in [5.41, 5.74) is 6.85. The molecule has 6 heteroatoms. The lowest BCUT2D eigenvalue weighted by atomic mass is 10.3. The molecule has 1 heterocycles. The molecule has 1 aromatic carbocycles. The highest BCUT2D eigenvalue weighted by atomic mass is 35.5. The van der Waals surface area contributed by atoms with Crippen LogP contribution in [-0.2, 0) is 17.7 Å². The van der Waals surface area contributed by atoms with Crippen molar-refractivity contribution in [2.24, 2.45) is 5.73 Å². The summed E-state index contributed by atoms with van der Waals surface area (Å²) in [4.78, 5) is 15.1. The third-order valence-electron chi connectivity index (χ3n) is 2.61. The second-order valence-corrected chi connectivity index (χ2v) is 4.15. The van der Waals surface area contributed by atoms with Crippen LogP contribution < -0.4 is 5.73 Å². The number of aromatic nitrogens is 2. The molecule has 0 bridgehead atoms. The van der Waals surface area contributed by atoms with Gasteiger partial charge in [0.2, 0.25) is 0 Å². The Kier molecular flexibility index (Phi) is 4.04. The van der Waals surface area contributed by atoms with Crippen molar-refractivity contribution in [2.75, 3.05) is 12.5 Å². The van der Waals surface area contributed by atoms with Crippen molar-refractivity contribution in [3.63, 3.8) is 0 Å². The third kappa shape index (κ3) is 2.73. The molecule has 0 spiro atoms. The lowest BCUT2D eigenvalue weighted by molar-refractivity contribution is 0.152. The first-order valence-electron chi connectivity index (χ1n) is 5.64. The maximum atomic E-state index is 10.6. The summed E-state index contributed by atoms with van der Waals surface area (Å²) in [6.45, 7) is 0.751. The molecule has 0 aliphatic rings. The van der Waals surface area contributed by atoms with Gasteiger partial charge in [-0.15, -0.1) is 11.6 Å². The van der Waals surface area contributed by atoms with Crippen LogP contribution in [0.25, 0.3) is 11.0 Å². The quantitative estimate of drug-likeness (QED) is 0.842. The summed E-state index contributed by atoms with van der Waals surface area (Å²) >= 11 is 5.76. The first-order chi connectivity index (χ1) is 8.72. The molecular formula is C12H14ClN3O2. The van der Waals surface area contributed by atoms with Crippen molar-refractivity contribution in [1.82, 2.24) is 9.55 Å². The SMILES string of the molecule is NC(=O)OCCn1c(CCCl)nc2ccccc21. The van der Waals surface area contributed by atoms with Gasteiger partial charge >= 0.3 is 6.09 Å². The van der Waals surface area contributed by atoms with Gasteiger partial charge in [-0.25, -0.2) is 9.78 Å². The van der Waals surface area contributed by atoms with Crippen LogP contribution in [0, 0.1) is 0 Å². The molecule has 0 saturated heterocycles. The average molecular weight is 268 g/mol. The van der Waals surface area contributed by atoms with E-state index in [-0.39, 0.29) is 6.61 Å².